The van der Waals surface area contributed by atoms with Gasteiger partial charge in [0, 0.05) is 11.6 Å². The van der Waals surface area contributed by atoms with E-state index in [1.54, 1.807) is 0 Å². The van der Waals surface area contributed by atoms with Gasteiger partial charge in [-0.05, 0) is 61.3 Å². The van der Waals surface area contributed by atoms with Crippen LogP contribution >= 0.6 is 11.6 Å². The van der Waals surface area contributed by atoms with Gasteiger partial charge in [0.2, 0.25) is 0 Å². The van der Waals surface area contributed by atoms with Gasteiger partial charge in [-0.25, -0.2) is 0 Å². The molecule has 25 heavy (non-hydrogen) atoms. The minimum Gasteiger partial charge on any atom is -0.378 e. The van der Waals surface area contributed by atoms with E-state index in [0.29, 0.717) is 13.2 Å². The molecule has 0 aliphatic heterocycles. The van der Waals surface area contributed by atoms with E-state index in [1.807, 2.05) is 20.2 Å². The van der Waals surface area contributed by atoms with Crippen LogP contribution in [-0.4, -0.2) is 45.4 Å². The highest BCUT2D eigenvalue weighted by atomic mass is 35.5. The molecule has 0 radical (unpaired) electrons. The Morgan fingerprint density at radius 3 is 2.52 bits per heavy atom. The van der Waals surface area contributed by atoms with Crippen LogP contribution < -0.4 is 0 Å². The maximum absolute atomic E-state index is 6.28. The zero-order chi connectivity index (χ0) is 17.6. The third-order valence-corrected chi connectivity index (χ3v) is 4.82. The third kappa shape index (κ3) is 4.83. The first-order valence-corrected chi connectivity index (χ1v) is 9.23. The van der Waals surface area contributed by atoms with Crippen molar-refractivity contribution in [3.05, 3.63) is 69.7 Å². The van der Waals surface area contributed by atoms with Crippen LogP contribution in [0.4, 0.5) is 0 Å². The summed E-state index contributed by atoms with van der Waals surface area (Å²) in [5.41, 5.74) is 5.11. The molecule has 0 aromatic heterocycles. The molecule has 0 N–H and O–H groups in total. The third-order valence-electron chi connectivity index (χ3n) is 4.59. The number of ether oxygens (including phenoxy) is 2. The first kappa shape index (κ1) is 18.4. The molecule has 0 saturated heterocycles. The van der Waals surface area contributed by atoms with Crippen molar-refractivity contribution in [2.24, 2.45) is 0 Å². The molecule has 1 unspecified atom stereocenters. The number of aryl methyl sites for hydroxylation is 2. The summed E-state index contributed by atoms with van der Waals surface area (Å²) in [6.45, 7) is 2.81. The summed E-state index contributed by atoms with van der Waals surface area (Å²) in [5.74, 6) is 0. The molecule has 1 aliphatic carbocycles. The van der Waals surface area contributed by atoms with E-state index in [4.69, 9.17) is 21.1 Å². The molecule has 0 heterocycles. The lowest BCUT2D eigenvalue weighted by Gasteiger charge is -2.21. The smallest absolute Gasteiger partial charge is 0.108 e. The van der Waals surface area contributed by atoms with E-state index in [0.717, 1.165) is 31.0 Å². The summed E-state index contributed by atoms with van der Waals surface area (Å²) in [5, 5.41) is 0.758. The Bertz CT molecular complexity index is 702. The molecular weight excluding hydrogens is 334 g/mol. The molecule has 1 atom stereocenters. The zero-order valence-electron chi connectivity index (χ0n) is 15.0. The van der Waals surface area contributed by atoms with Crippen LogP contribution in [0.3, 0.4) is 0 Å². The van der Waals surface area contributed by atoms with Crippen LogP contribution in [-0.2, 0) is 22.3 Å². The molecule has 3 rings (SSSR count). The van der Waals surface area contributed by atoms with Crippen molar-refractivity contribution in [3.8, 4) is 0 Å². The topological polar surface area (TPSA) is 21.7 Å². The van der Waals surface area contributed by atoms with Crippen LogP contribution in [0.15, 0.2) is 42.5 Å². The second-order valence-corrected chi connectivity index (χ2v) is 7.14. The van der Waals surface area contributed by atoms with Gasteiger partial charge < -0.3 is 14.4 Å². The second kappa shape index (κ2) is 8.81. The number of likely N-dealkylation sites (N-methyl/N-ethyl adjacent to an activating group) is 1. The van der Waals surface area contributed by atoms with E-state index >= 15 is 0 Å². The molecular formula is C21H26ClNO2. The lowest BCUT2D eigenvalue weighted by atomic mass is 9.97. The molecule has 0 fully saturated rings. The fraction of sp³-hybridized carbons (Fsp3) is 0.429. The highest BCUT2D eigenvalue weighted by molar-refractivity contribution is 6.30. The summed E-state index contributed by atoms with van der Waals surface area (Å²) >= 11 is 6.27. The van der Waals surface area contributed by atoms with Gasteiger partial charge in [0.15, 0.2) is 0 Å². The molecule has 4 heteroatoms. The van der Waals surface area contributed by atoms with Crippen LogP contribution in [0.2, 0.25) is 5.02 Å². The van der Waals surface area contributed by atoms with E-state index in [2.05, 4.69) is 41.3 Å². The Hall–Kier alpha value is -1.39. The van der Waals surface area contributed by atoms with E-state index in [1.165, 1.54) is 22.3 Å². The van der Waals surface area contributed by atoms with Crippen molar-refractivity contribution in [1.29, 1.82) is 0 Å². The predicted octanol–water partition coefficient (Wildman–Crippen LogP) is 4.12. The SMILES string of the molecule is CN(C)CCOCCOC1c2ccccc2CCc2ccc(Cl)cc21. The van der Waals surface area contributed by atoms with E-state index in [-0.39, 0.29) is 6.10 Å². The highest BCUT2D eigenvalue weighted by Crippen LogP contribution is 2.36. The van der Waals surface area contributed by atoms with Crippen molar-refractivity contribution in [2.75, 3.05) is 40.5 Å². The van der Waals surface area contributed by atoms with Gasteiger partial charge in [-0.1, -0.05) is 41.9 Å². The Balaban J connectivity index is 1.73. The number of nitrogens with zero attached hydrogens (tertiary/aromatic N) is 1. The van der Waals surface area contributed by atoms with Gasteiger partial charge in [0.1, 0.15) is 6.10 Å². The van der Waals surface area contributed by atoms with Gasteiger partial charge in [-0.15, -0.1) is 0 Å². The van der Waals surface area contributed by atoms with Crippen LogP contribution in [0.5, 0.6) is 0 Å². The molecule has 0 amide bonds. The number of benzene rings is 2. The number of halogens is 1. The van der Waals surface area contributed by atoms with Gasteiger partial charge in [0.25, 0.3) is 0 Å². The van der Waals surface area contributed by atoms with Crippen LogP contribution in [0, 0.1) is 0 Å². The molecule has 2 aromatic rings. The molecule has 0 saturated carbocycles. The molecule has 3 nitrogen and oxygen atoms in total. The standard InChI is InChI=1S/C21H26ClNO2/c1-23(2)11-12-24-13-14-25-21-19-6-4-3-5-16(19)7-8-17-9-10-18(22)15-20(17)21/h3-6,9-10,15,21H,7-8,11-14H2,1-2H3. The van der Waals surface area contributed by atoms with E-state index < -0.39 is 0 Å². The minimum absolute atomic E-state index is 0.0788. The van der Waals surface area contributed by atoms with Crippen molar-refractivity contribution in [2.45, 2.75) is 18.9 Å². The Kier molecular flexibility index (Phi) is 6.49. The number of hydrogen-bond donors (Lipinski definition) is 0. The summed E-state index contributed by atoms with van der Waals surface area (Å²) in [6.07, 6.45) is 1.97. The average molecular weight is 360 g/mol. The molecule has 2 aromatic carbocycles. The Morgan fingerprint density at radius 1 is 0.960 bits per heavy atom. The second-order valence-electron chi connectivity index (χ2n) is 6.71. The normalized spacial score (nSPS) is 16.4. The van der Waals surface area contributed by atoms with Crippen LogP contribution in [0.1, 0.15) is 28.4 Å². The molecule has 134 valence electrons. The largest absolute Gasteiger partial charge is 0.378 e. The van der Waals surface area contributed by atoms with Crippen molar-refractivity contribution in [1.82, 2.24) is 4.90 Å². The van der Waals surface area contributed by atoms with Crippen molar-refractivity contribution in [3.63, 3.8) is 0 Å². The molecule has 0 spiro atoms. The number of hydrogen-bond acceptors (Lipinski definition) is 3. The van der Waals surface area contributed by atoms with Crippen molar-refractivity contribution >= 4 is 11.6 Å². The summed E-state index contributed by atoms with van der Waals surface area (Å²) in [4.78, 5) is 2.11. The zero-order valence-corrected chi connectivity index (χ0v) is 15.8. The van der Waals surface area contributed by atoms with Crippen LogP contribution in [0.25, 0.3) is 0 Å². The fourth-order valence-electron chi connectivity index (χ4n) is 3.25. The highest BCUT2D eigenvalue weighted by Gasteiger charge is 2.24. The van der Waals surface area contributed by atoms with Gasteiger partial charge in [0.05, 0.1) is 19.8 Å². The average Bonchev–Trinajstić information content (AvgIpc) is 2.75. The maximum Gasteiger partial charge on any atom is 0.108 e. The van der Waals surface area contributed by atoms with Gasteiger partial charge in [-0.3, -0.25) is 0 Å². The quantitative estimate of drug-likeness (QED) is 0.694. The Labute approximate surface area is 155 Å². The molecule has 0 bridgehead atoms. The van der Waals surface area contributed by atoms with Gasteiger partial charge in [-0.2, -0.15) is 0 Å². The number of rotatable bonds is 7. The predicted molar refractivity (Wildman–Crippen MR) is 102 cm³/mol. The summed E-state index contributed by atoms with van der Waals surface area (Å²) in [7, 11) is 4.09. The first-order chi connectivity index (χ1) is 12.1. The summed E-state index contributed by atoms with van der Waals surface area (Å²) < 4.78 is 12.0. The Morgan fingerprint density at radius 2 is 1.72 bits per heavy atom. The fourth-order valence-corrected chi connectivity index (χ4v) is 3.43. The van der Waals surface area contributed by atoms with E-state index in [9.17, 15) is 0 Å². The molecule has 1 aliphatic rings. The lowest BCUT2D eigenvalue weighted by Crippen LogP contribution is -2.19. The maximum atomic E-state index is 6.28. The number of fused-ring (bicyclic) bond motifs is 2. The first-order valence-electron chi connectivity index (χ1n) is 8.85. The van der Waals surface area contributed by atoms with Gasteiger partial charge >= 0.3 is 0 Å². The summed E-state index contributed by atoms with van der Waals surface area (Å²) in [6, 6.07) is 14.7. The van der Waals surface area contributed by atoms with Crippen molar-refractivity contribution < 1.29 is 9.47 Å². The minimum atomic E-state index is -0.0788. The lowest BCUT2D eigenvalue weighted by molar-refractivity contribution is 0.0165. The monoisotopic (exact) mass is 359 g/mol.